The largest absolute Gasteiger partial charge is 0.298 e. The first-order valence-corrected chi connectivity index (χ1v) is 4.97. The van der Waals surface area contributed by atoms with Crippen LogP contribution in [0.5, 0.6) is 0 Å². The van der Waals surface area contributed by atoms with E-state index in [0.29, 0.717) is 0 Å². The van der Waals surface area contributed by atoms with Crippen LogP contribution in [0.25, 0.3) is 6.08 Å². The molecule has 1 aliphatic carbocycles. The molecule has 1 heteroatoms. The van der Waals surface area contributed by atoms with Crippen molar-refractivity contribution in [1.29, 1.82) is 0 Å². The molecule has 0 bridgehead atoms. The Morgan fingerprint density at radius 1 is 1.14 bits per heavy atom. The van der Waals surface area contributed by atoms with Crippen LogP contribution in [0.2, 0.25) is 0 Å². The van der Waals surface area contributed by atoms with Crippen molar-refractivity contribution >= 4 is 12.4 Å². The van der Waals surface area contributed by atoms with E-state index in [1.165, 1.54) is 22.3 Å². The maximum atomic E-state index is 10.7. The summed E-state index contributed by atoms with van der Waals surface area (Å²) in [5.74, 6) is 0. The highest BCUT2D eigenvalue weighted by molar-refractivity contribution is 5.84. The van der Waals surface area contributed by atoms with Crippen LogP contribution in [0.4, 0.5) is 0 Å². The number of hydrogen-bond acceptors (Lipinski definition) is 1. The summed E-state index contributed by atoms with van der Waals surface area (Å²) in [6.07, 6.45) is 4.91. The normalized spacial score (nSPS) is 14.6. The van der Waals surface area contributed by atoms with Crippen LogP contribution < -0.4 is 0 Å². The van der Waals surface area contributed by atoms with E-state index in [-0.39, 0.29) is 0 Å². The number of rotatable bonds is 1. The van der Waals surface area contributed by atoms with Crippen LogP contribution in [0.15, 0.2) is 17.7 Å². The van der Waals surface area contributed by atoms with Crippen LogP contribution in [-0.4, -0.2) is 6.29 Å². The van der Waals surface area contributed by atoms with Crippen LogP contribution in [0, 0.1) is 13.8 Å². The maximum Gasteiger partial charge on any atom is 0.146 e. The van der Waals surface area contributed by atoms with E-state index in [0.717, 1.165) is 24.7 Å². The molecular weight excluding hydrogens is 172 g/mol. The lowest BCUT2D eigenvalue weighted by Crippen LogP contribution is -2.04. The van der Waals surface area contributed by atoms with Crippen LogP contribution >= 0.6 is 0 Å². The Morgan fingerprint density at radius 2 is 1.86 bits per heavy atom. The van der Waals surface area contributed by atoms with Gasteiger partial charge in [-0.2, -0.15) is 0 Å². The summed E-state index contributed by atoms with van der Waals surface area (Å²) in [5, 5.41) is 0. The van der Waals surface area contributed by atoms with Gasteiger partial charge in [-0.3, -0.25) is 4.79 Å². The predicted molar refractivity (Wildman–Crippen MR) is 58.3 cm³/mol. The zero-order chi connectivity index (χ0) is 10.1. The van der Waals surface area contributed by atoms with Gasteiger partial charge < -0.3 is 0 Å². The number of allylic oxidation sites excluding steroid dienone is 1. The van der Waals surface area contributed by atoms with Gasteiger partial charge in [0, 0.05) is 0 Å². The minimum Gasteiger partial charge on any atom is -0.298 e. The van der Waals surface area contributed by atoms with Gasteiger partial charge in [0.2, 0.25) is 0 Å². The Balaban J connectivity index is 2.62. The Bertz CT molecular complexity index is 413. The first-order chi connectivity index (χ1) is 6.72. The van der Waals surface area contributed by atoms with Gasteiger partial charge in [-0.1, -0.05) is 12.1 Å². The number of aryl methyl sites for hydroxylation is 2. The summed E-state index contributed by atoms with van der Waals surface area (Å²) >= 11 is 0. The van der Waals surface area contributed by atoms with Crippen molar-refractivity contribution in [2.45, 2.75) is 26.7 Å². The first-order valence-electron chi connectivity index (χ1n) is 4.97. The lowest BCUT2D eigenvalue weighted by molar-refractivity contribution is -0.105. The summed E-state index contributed by atoms with van der Waals surface area (Å²) in [6, 6.07) is 4.28. The number of carbonyl (C=O) groups excluding carboxylic acids is 1. The molecule has 0 aliphatic heterocycles. The van der Waals surface area contributed by atoms with Crippen LogP contribution in [-0.2, 0) is 11.2 Å². The van der Waals surface area contributed by atoms with Gasteiger partial charge in [-0.15, -0.1) is 0 Å². The lowest BCUT2D eigenvalue weighted by atomic mass is 9.87. The second-order valence-electron chi connectivity index (χ2n) is 3.93. The molecule has 0 saturated carbocycles. The fourth-order valence-electron chi connectivity index (χ4n) is 2.04. The van der Waals surface area contributed by atoms with Gasteiger partial charge in [-0.05, 0) is 60.6 Å². The average molecular weight is 186 g/mol. The summed E-state index contributed by atoms with van der Waals surface area (Å²) in [6.45, 7) is 4.24. The van der Waals surface area contributed by atoms with Crippen molar-refractivity contribution in [1.82, 2.24) is 0 Å². The fourth-order valence-corrected chi connectivity index (χ4v) is 2.04. The highest BCUT2D eigenvalue weighted by Crippen LogP contribution is 2.28. The van der Waals surface area contributed by atoms with E-state index in [1.807, 2.05) is 6.08 Å². The Labute approximate surface area is 84.5 Å². The van der Waals surface area contributed by atoms with Crippen molar-refractivity contribution < 1.29 is 4.79 Å². The predicted octanol–water partition coefficient (Wildman–Crippen LogP) is 2.83. The van der Waals surface area contributed by atoms with Crippen molar-refractivity contribution in [3.63, 3.8) is 0 Å². The Hall–Kier alpha value is -1.37. The highest BCUT2D eigenvalue weighted by atomic mass is 16.1. The number of carbonyl (C=O) groups is 1. The zero-order valence-electron chi connectivity index (χ0n) is 8.63. The molecule has 14 heavy (non-hydrogen) atoms. The van der Waals surface area contributed by atoms with Crippen LogP contribution in [0.3, 0.4) is 0 Å². The van der Waals surface area contributed by atoms with E-state index >= 15 is 0 Å². The molecule has 0 aromatic heterocycles. The second kappa shape index (κ2) is 3.41. The lowest BCUT2D eigenvalue weighted by Gasteiger charge is -2.17. The van der Waals surface area contributed by atoms with Gasteiger partial charge in [-0.25, -0.2) is 0 Å². The third-order valence-electron chi connectivity index (χ3n) is 2.95. The third kappa shape index (κ3) is 1.39. The van der Waals surface area contributed by atoms with Gasteiger partial charge >= 0.3 is 0 Å². The van der Waals surface area contributed by atoms with E-state index < -0.39 is 0 Å². The standard InChI is InChI=1S/C13H14O/c1-9-3-4-10(2)13-7-11(8-14)5-6-12(9)13/h3-4,7-8H,5-6H2,1-2H3. The van der Waals surface area contributed by atoms with Crippen molar-refractivity contribution in [2.24, 2.45) is 0 Å². The fraction of sp³-hybridized carbons (Fsp3) is 0.308. The summed E-state index contributed by atoms with van der Waals surface area (Å²) in [4.78, 5) is 10.7. The molecule has 0 unspecified atom stereocenters. The van der Waals surface area contributed by atoms with Crippen LogP contribution in [0.1, 0.15) is 28.7 Å². The number of fused-ring (bicyclic) bond motifs is 1. The molecule has 72 valence electrons. The molecule has 0 radical (unpaired) electrons. The summed E-state index contributed by atoms with van der Waals surface area (Å²) in [5.41, 5.74) is 6.21. The molecule has 1 aromatic rings. The molecule has 0 heterocycles. The van der Waals surface area contributed by atoms with E-state index in [2.05, 4.69) is 26.0 Å². The summed E-state index contributed by atoms with van der Waals surface area (Å²) < 4.78 is 0. The molecule has 0 N–H and O–H groups in total. The minimum absolute atomic E-state index is 0.890. The van der Waals surface area contributed by atoms with E-state index in [4.69, 9.17) is 0 Å². The van der Waals surface area contributed by atoms with Crippen molar-refractivity contribution in [2.75, 3.05) is 0 Å². The average Bonchev–Trinajstić information content (AvgIpc) is 2.23. The zero-order valence-corrected chi connectivity index (χ0v) is 8.63. The number of benzene rings is 1. The monoisotopic (exact) mass is 186 g/mol. The second-order valence-corrected chi connectivity index (χ2v) is 3.93. The Morgan fingerprint density at radius 3 is 2.57 bits per heavy atom. The number of aldehydes is 1. The molecule has 1 aromatic carbocycles. The molecule has 0 spiro atoms. The molecule has 0 fully saturated rings. The minimum atomic E-state index is 0.890. The third-order valence-corrected chi connectivity index (χ3v) is 2.95. The van der Waals surface area contributed by atoms with E-state index in [1.54, 1.807) is 0 Å². The van der Waals surface area contributed by atoms with Gasteiger partial charge in [0.1, 0.15) is 6.29 Å². The molecule has 0 saturated heterocycles. The summed E-state index contributed by atoms with van der Waals surface area (Å²) in [7, 11) is 0. The molecular formula is C13H14O. The molecule has 0 amide bonds. The van der Waals surface area contributed by atoms with Gasteiger partial charge in [0.25, 0.3) is 0 Å². The van der Waals surface area contributed by atoms with Crippen molar-refractivity contribution in [3.8, 4) is 0 Å². The highest BCUT2D eigenvalue weighted by Gasteiger charge is 2.13. The van der Waals surface area contributed by atoms with E-state index in [9.17, 15) is 4.79 Å². The number of hydrogen-bond donors (Lipinski definition) is 0. The van der Waals surface area contributed by atoms with Crippen molar-refractivity contribution in [3.05, 3.63) is 40.0 Å². The van der Waals surface area contributed by atoms with Gasteiger partial charge in [0.15, 0.2) is 0 Å². The maximum absolute atomic E-state index is 10.7. The van der Waals surface area contributed by atoms with Gasteiger partial charge in [0.05, 0.1) is 0 Å². The smallest absolute Gasteiger partial charge is 0.146 e. The SMILES string of the molecule is Cc1ccc(C)c2c1C=C(C=O)CC2. The Kier molecular flexibility index (Phi) is 2.24. The molecule has 1 nitrogen and oxygen atoms in total. The quantitative estimate of drug-likeness (QED) is 0.616. The first kappa shape index (κ1) is 9.20. The topological polar surface area (TPSA) is 17.1 Å². The molecule has 2 rings (SSSR count). The molecule has 1 aliphatic rings. The molecule has 0 atom stereocenters.